The van der Waals surface area contributed by atoms with Crippen molar-refractivity contribution in [1.29, 1.82) is 0 Å². The maximum atomic E-state index is 9.57. The maximum Gasteiger partial charge on any atom is 0.129 e. The third kappa shape index (κ3) is 3.62. The van der Waals surface area contributed by atoms with Crippen LogP contribution in [0.2, 0.25) is 0 Å². The molecule has 0 aliphatic heterocycles. The van der Waals surface area contributed by atoms with Gasteiger partial charge in [-0.05, 0) is 24.5 Å². The van der Waals surface area contributed by atoms with E-state index in [1.54, 1.807) is 17.8 Å². The summed E-state index contributed by atoms with van der Waals surface area (Å²) in [6.07, 6.45) is 1.18. The summed E-state index contributed by atoms with van der Waals surface area (Å²) < 4.78 is 0. The first kappa shape index (κ1) is 11.4. The largest absolute Gasteiger partial charge is 0.507 e. The topological polar surface area (TPSA) is 20.2 Å². The molecule has 1 nitrogen and oxygen atoms in total. The molecular weight excluding hydrogens is 192 g/mol. The van der Waals surface area contributed by atoms with Crippen molar-refractivity contribution in [2.75, 3.05) is 0 Å². The Bertz CT molecular complexity index is 283. The third-order valence-electron chi connectivity index (χ3n) is 2.00. The zero-order valence-electron chi connectivity index (χ0n) is 9.03. The summed E-state index contributed by atoms with van der Waals surface area (Å²) in [6.45, 7) is 6.65. The molecule has 0 saturated heterocycles. The number of para-hydroxylation sites is 1. The van der Waals surface area contributed by atoms with Gasteiger partial charge in [-0.2, -0.15) is 0 Å². The molecule has 0 amide bonds. The van der Waals surface area contributed by atoms with E-state index in [1.165, 1.54) is 6.42 Å². The standard InChI is InChI=1S/C12H18OS/c1-9(2)8-10(3)14-12-7-5-4-6-11(12)13/h4-7,9-10,13H,8H2,1-3H3. The molecule has 0 bridgehead atoms. The molecule has 0 aromatic heterocycles. The van der Waals surface area contributed by atoms with Gasteiger partial charge < -0.3 is 5.11 Å². The highest BCUT2D eigenvalue weighted by Crippen LogP contribution is 2.33. The van der Waals surface area contributed by atoms with Crippen LogP contribution in [0.3, 0.4) is 0 Å². The lowest BCUT2D eigenvalue weighted by Crippen LogP contribution is -2.01. The molecule has 1 N–H and O–H groups in total. The fourth-order valence-corrected chi connectivity index (χ4v) is 2.75. The molecular formula is C12H18OS. The minimum Gasteiger partial charge on any atom is -0.507 e. The normalized spacial score (nSPS) is 13.1. The van der Waals surface area contributed by atoms with Crippen LogP contribution in [0, 0.1) is 5.92 Å². The van der Waals surface area contributed by atoms with Gasteiger partial charge in [0.25, 0.3) is 0 Å². The van der Waals surface area contributed by atoms with Crippen molar-refractivity contribution < 1.29 is 5.11 Å². The lowest BCUT2D eigenvalue weighted by molar-refractivity contribution is 0.462. The first-order valence-electron chi connectivity index (χ1n) is 5.04. The number of benzene rings is 1. The van der Waals surface area contributed by atoms with E-state index >= 15 is 0 Å². The van der Waals surface area contributed by atoms with Crippen LogP contribution in [0.4, 0.5) is 0 Å². The van der Waals surface area contributed by atoms with Crippen LogP contribution in [0.25, 0.3) is 0 Å². The lowest BCUT2D eigenvalue weighted by Gasteiger charge is -2.13. The minimum absolute atomic E-state index is 0.396. The van der Waals surface area contributed by atoms with Gasteiger partial charge in [-0.25, -0.2) is 0 Å². The fraction of sp³-hybridized carbons (Fsp3) is 0.500. The number of thioether (sulfide) groups is 1. The second kappa shape index (κ2) is 5.30. The number of hydrogen-bond acceptors (Lipinski definition) is 2. The van der Waals surface area contributed by atoms with Gasteiger partial charge in [0.2, 0.25) is 0 Å². The monoisotopic (exact) mass is 210 g/mol. The summed E-state index contributed by atoms with van der Waals surface area (Å²) in [4.78, 5) is 0.987. The van der Waals surface area contributed by atoms with Crippen LogP contribution in [0.1, 0.15) is 27.2 Å². The second-order valence-electron chi connectivity index (χ2n) is 4.03. The van der Waals surface area contributed by atoms with Gasteiger partial charge in [0.1, 0.15) is 5.75 Å². The van der Waals surface area contributed by atoms with Gasteiger partial charge >= 0.3 is 0 Å². The van der Waals surface area contributed by atoms with Crippen LogP contribution in [-0.2, 0) is 0 Å². The zero-order chi connectivity index (χ0) is 10.6. The number of aromatic hydroxyl groups is 1. The smallest absolute Gasteiger partial charge is 0.129 e. The van der Waals surface area contributed by atoms with Crippen LogP contribution < -0.4 is 0 Å². The maximum absolute atomic E-state index is 9.57. The molecule has 1 atom stereocenters. The lowest BCUT2D eigenvalue weighted by atomic mass is 10.1. The van der Waals surface area contributed by atoms with E-state index in [0.29, 0.717) is 16.9 Å². The predicted octanol–water partition coefficient (Wildman–Crippen LogP) is 3.92. The van der Waals surface area contributed by atoms with E-state index in [1.807, 2.05) is 18.2 Å². The Morgan fingerprint density at radius 2 is 1.86 bits per heavy atom. The van der Waals surface area contributed by atoms with Gasteiger partial charge in [0.05, 0.1) is 0 Å². The van der Waals surface area contributed by atoms with E-state index in [4.69, 9.17) is 0 Å². The van der Waals surface area contributed by atoms with Crippen molar-refractivity contribution in [2.45, 2.75) is 37.3 Å². The molecule has 14 heavy (non-hydrogen) atoms. The minimum atomic E-state index is 0.396. The molecule has 1 unspecified atom stereocenters. The number of phenols is 1. The first-order valence-corrected chi connectivity index (χ1v) is 5.92. The van der Waals surface area contributed by atoms with Gasteiger partial charge in [0, 0.05) is 10.1 Å². The number of phenolic OH excluding ortho intramolecular Hbond substituents is 1. The highest BCUT2D eigenvalue weighted by atomic mass is 32.2. The quantitative estimate of drug-likeness (QED) is 0.760. The zero-order valence-corrected chi connectivity index (χ0v) is 9.84. The van der Waals surface area contributed by atoms with Crippen LogP contribution in [-0.4, -0.2) is 10.4 Å². The SMILES string of the molecule is CC(C)CC(C)Sc1ccccc1O. The van der Waals surface area contributed by atoms with E-state index in [9.17, 15) is 5.11 Å². The summed E-state index contributed by atoms with van der Waals surface area (Å²) >= 11 is 1.75. The number of hydrogen-bond donors (Lipinski definition) is 1. The Hall–Kier alpha value is -0.630. The molecule has 0 radical (unpaired) electrons. The molecule has 78 valence electrons. The van der Waals surface area contributed by atoms with Crippen molar-refractivity contribution >= 4 is 11.8 Å². The summed E-state index contributed by atoms with van der Waals surface area (Å²) in [5, 5.41) is 10.1. The molecule has 0 aliphatic rings. The van der Waals surface area contributed by atoms with Gasteiger partial charge in [-0.15, -0.1) is 11.8 Å². The average molecular weight is 210 g/mol. The van der Waals surface area contributed by atoms with Crippen molar-refractivity contribution in [3.05, 3.63) is 24.3 Å². The Balaban J connectivity index is 2.56. The molecule has 1 rings (SSSR count). The second-order valence-corrected chi connectivity index (χ2v) is 5.51. The van der Waals surface area contributed by atoms with Crippen molar-refractivity contribution in [3.63, 3.8) is 0 Å². The highest BCUT2D eigenvalue weighted by Gasteiger charge is 2.08. The van der Waals surface area contributed by atoms with E-state index in [2.05, 4.69) is 20.8 Å². The van der Waals surface area contributed by atoms with E-state index in [-0.39, 0.29) is 0 Å². The Morgan fingerprint density at radius 1 is 1.21 bits per heavy atom. The van der Waals surface area contributed by atoms with Crippen molar-refractivity contribution in [3.8, 4) is 5.75 Å². The Kier molecular flexibility index (Phi) is 4.33. The van der Waals surface area contributed by atoms with Crippen molar-refractivity contribution in [2.24, 2.45) is 5.92 Å². The molecule has 0 fully saturated rings. The molecule has 0 spiro atoms. The Labute approximate surface area is 90.5 Å². The highest BCUT2D eigenvalue weighted by molar-refractivity contribution is 8.00. The van der Waals surface area contributed by atoms with Gasteiger partial charge in [-0.1, -0.05) is 32.9 Å². The summed E-state index contributed by atoms with van der Waals surface area (Å²) in [6, 6.07) is 7.53. The van der Waals surface area contributed by atoms with Crippen LogP contribution >= 0.6 is 11.8 Å². The van der Waals surface area contributed by atoms with Crippen LogP contribution in [0.15, 0.2) is 29.2 Å². The fourth-order valence-electron chi connectivity index (χ4n) is 1.49. The van der Waals surface area contributed by atoms with E-state index in [0.717, 1.165) is 4.90 Å². The molecule has 0 aliphatic carbocycles. The first-order chi connectivity index (χ1) is 6.59. The van der Waals surface area contributed by atoms with E-state index < -0.39 is 0 Å². The summed E-state index contributed by atoms with van der Waals surface area (Å²) in [5.41, 5.74) is 0. The number of rotatable bonds is 4. The van der Waals surface area contributed by atoms with Gasteiger partial charge in [-0.3, -0.25) is 0 Å². The van der Waals surface area contributed by atoms with Gasteiger partial charge in [0.15, 0.2) is 0 Å². The van der Waals surface area contributed by atoms with Crippen LogP contribution in [0.5, 0.6) is 5.75 Å². The third-order valence-corrected chi connectivity index (χ3v) is 3.19. The summed E-state index contributed by atoms with van der Waals surface area (Å²) in [5.74, 6) is 1.11. The molecule has 1 aromatic carbocycles. The molecule has 0 saturated carbocycles. The Morgan fingerprint density at radius 3 is 2.43 bits per heavy atom. The molecule has 1 aromatic rings. The molecule has 0 heterocycles. The predicted molar refractivity (Wildman–Crippen MR) is 62.9 cm³/mol. The average Bonchev–Trinajstić information content (AvgIpc) is 2.07. The van der Waals surface area contributed by atoms with Crippen molar-refractivity contribution in [1.82, 2.24) is 0 Å². The molecule has 2 heteroatoms. The summed E-state index contributed by atoms with van der Waals surface area (Å²) in [7, 11) is 0.